The third-order valence-electron chi connectivity index (χ3n) is 10.4. The average molecular weight is 614 g/mol. The summed E-state index contributed by atoms with van der Waals surface area (Å²) in [6.07, 6.45) is 7.24. The van der Waals surface area contributed by atoms with Crippen molar-refractivity contribution in [2.45, 2.75) is 11.3 Å². The van der Waals surface area contributed by atoms with E-state index < -0.39 is 0 Å². The molecule has 0 spiro atoms. The Morgan fingerprint density at radius 3 is 1.79 bits per heavy atom. The first-order valence-electron chi connectivity index (χ1n) is 16.9. The zero-order chi connectivity index (χ0) is 31.9. The van der Waals surface area contributed by atoms with Gasteiger partial charge in [0.2, 0.25) is 0 Å². The van der Waals surface area contributed by atoms with Crippen molar-refractivity contribution in [2.75, 3.05) is 5.32 Å². The lowest BCUT2D eigenvalue weighted by atomic mass is 9.63. The lowest BCUT2D eigenvalue weighted by Gasteiger charge is -2.39. The first kappa shape index (κ1) is 28.3. The van der Waals surface area contributed by atoms with E-state index in [9.17, 15) is 0 Å². The van der Waals surface area contributed by atoms with E-state index in [-0.39, 0.29) is 17.3 Å². The largest absolute Gasteiger partial charge is 0.355 e. The number of rotatable bonds is 6. The van der Waals surface area contributed by atoms with Crippen LogP contribution in [0.3, 0.4) is 0 Å². The molecule has 228 valence electrons. The molecular formula is C47H35N. The van der Waals surface area contributed by atoms with E-state index in [0.717, 1.165) is 11.4 Å². The molecule has 0 saturated carbocycles. The smallest absolute Gasteiger partial charge is 0.0525 e. The molecular weight excluding hydrogens is 579 g/mol. The van der Waals surface area contributed by atoms with Gasteiger partial charge in [0.15, 0.2) is 0 Å². The van der Waals surface area contributed by atoms with Gasteiger partial charge in [0.25, 0.3) is 0 Å². The molecule has 0 aromatic heterocycles. The van der Waals surface area contributed by atoms with Gasteiger partial charge in [-0.1, -0.05) is 182 Å². The maximum Gasteiger partial charge on any atom is 0.0525 e. The van der Waals surface area contributed by atoms with Gasteiger partial charge in [-0.2, -0.15) is 0 Å². The van der Waals surface area contributed by atoms with Crippen LogP contribution in [0.25, 0.3) is 33.0 Å². The molecule has 2 aliphatic rings. The van der Waals surface area contributed by atoms with Gasteiger partial charge < -0.3 is 5.32 Å². The standard InChI is InChI=1S/C47H35N/c1-4-14-33(15-5-1)34-24-26-36(27-25-34)46-40-21-11-10-16-35(40)28-31-45(46)48-39-29-30-44-42(32-39)41-22-12-13-23-43(41)47(44,37-17-6-2-7-18-37)38-19-8-3-9-20-38/h1-32,42,44,48H. The van der Waals surface area contributed by atoms with Crippen LogP contribution in [0.1, 0.15) is 28.2 Å². The lowest BCUT2D eigenvalue weighted by molar-refractivity contribution is 0.455. The molecule has 48 heavy (non-hydrogen) atoms. The van der Waals surface area contributed by atoms with Gasteiger partial charge in [0.1, 0.15) is 0 Å². The number of hydrogen-bond acceptors (Lipinski definition) is 1. The van der Waals surface area contributed by atoms with Gasteiger partial charge in [0, 0.05) is 28.8 Å². The summed E-state index contributed by atoms with van der Waals surface area (Å²) in [5, 5.41) is 6.39. The zero-order valence-corrected chi connectivity index (χ0v) is 26.6. The number of hydrogen-bond donors (Lipinski definition) is 1. The van der Waals surface area contributed by atoms with E-state index in [1.807, 2.05) is 0 Å². The fraction of sp³-hybridized carbons (Fsp3) is 0.0638. The van der Waals surface area contributed by atoms with Gasteiger partial charge in [-0.05, 0) is 61.9 Å². The summed E-state index contributed by atoms with van der Waals surface area (Å²) in [5.74, 6) is 0.468. The average Bonchev–Trinajstić information content (AvgIpc) is 3.46. The number of anilines is 1. The molecule has 1 nitrogen and oxygen atoms in total. The van der Waals surface area contributed by atoms with Crippen molar-refractivity contribution in [3.63, 3.8) is 0 Å². The van der Waals surface area contributed by atoms with Gasteiger partial charge in [0.05, 0.1) is 5.41 Å². The van der Waals surface area contributed by atoms with Crippen LogP contribution in [0, 0.1) is 5.92 Å². The molecule has 0 saturated heterocycles. The van der Waals surface area contributed by atoms with Crippen LogP contribution in [-0.4, -0.2) is 0 Å². The van der Waals surface area contributed by atoms with Crippen molar-refractivity contribution in [1.29, 1.82) is 0 Å². The molecule has 0 aliphatic heterocycles. The molecule has 2 unspecified atom stereocenters. The normalized spacial score (nSPS) is 17.4. The Hall–Kier alpha value is -5.92. The van der Waals surface area contributed by atoms with E-state index in [2.05, 4.69) is 199 Å². The number of fused-ring (bicyclic) bond motifs is 4. The fourth-order valence-corrected chi connectivity index (χ4v) is 8.35. The topological polar surface area (TPSA) is 12.0 Å². The summed E-state index contributed by atoms with van der Waals surface area (Å²) in [7, 11) is 0. The summed E-state index contributed by atoms with van der Waals surface area (Å²) in [6.45, 7) is 0. The van der Waals surface area contributed by atoms with Crippen LogP contribution in [0.2, 0.25) is 0 Å². The molecule has 7 aromatic carbocycles. The molecule has 7 aromatic rings. The third kappa shape index (κ3) is 4.54. The molecule has 0 amide bonds. The molecule has 1 N–H and O–H groups in total. The third-order valence-corrected chi connectivity index (χ3v) is 10.4. The van der Waals surface area contributed by atoms with Crippen LogP contribution >= 0.6 is 0 Å². The molecule has 0 bridgehead atoms. The zero-order valence-electron chi connectivity index (χ0n) is 26.6. The van der Waals surface area contributed by atoms with Crippen molar-refractivity contribution in [2.24, 2.45) is 5.92 Å². The van der Waals surface area contributed by atoms with Crippen molar-refractivity contribution < 1.29 is 0 Å². The molecule has 2 aliphatic carbocycles. The van der Waals surface area contributed by atoms with E-state index in [4.69, 9.17) is 0 Å². The monoisotopic (exact) mass is 613 g/mol. The van der Waals surface area contributed by atoms with Gasteiger partial charge >= 0.3 is 0 Å². The van der Waals surface area contributed by atoms with Crippen molar-refractivity contribution in [3.05, 3.63) is 222 Å². The highest BCUT2D eigenvalue weighted by atomic mass is 14.9. The highest BCUT2D eigenvalue weighted by molar-refractivity contribution is 6.03. The summed E-state index contributed by atoms with van der Waals surface area (Å²) in [6, 6.07) is 64.0. The first-order valence-corrected chi connectivity index (χ1v) is 16.9. The highest BCUT2D eigenvalue weighted by Crippen LogP contribution is 2.59. The van der Waals surface area contributed by atoms with E-state index in [1.54, 1.807) is 0 Å². The Morgan fingerprint density at radius 2 is 1.06 bits per heavy atom. The maximum atomic E-state index is 3.91. The fourth-order valence-electron chi connectivity index (χ4n) is 8.35. The molecule has 0 radical (unpaired) electrons. The molecule has 9 rings (SSSR count). The van der Waals surface area contributed by atoms with E-state index in [0.29, 0.717) is 0 Å². The Balaban J connectivity index is 1.15. The highest BCUT2D eigenvalue weighted by Gasteiger charge is 2.53. The van der Waals surface area contributed by atoms with Crippen LogP contribution in [0.4, 0.5) is 5.69 Å². The Morgan fingerprint density at radius 1 is 0.479 bits per heavy atom. The van der Waals surface area contributed by atoms with E-state index in [1.165, 1.54) is 55.3 Å². The van der Waals surface area contributed by atoms with Gasteiger partial charge in [-0.15, -0.1) is 0 Å². The molecule has 2 atom stereocenters. The minimum absolute atomic E-state index is 0.225. The first-order chi connectivity index (χ1) is 23.8. The lowest BCUT2D eigenvalue weighted by Crippen LogP contribution is -2.35. The van der Waals surface area contributed by atoms with Crippen molar-refractivity contribution in [1.82, 2.24) is 0 Å². The molecule has 1 heteroatoms. The SMILES string of the molecule is C1=CC2C(C=C1Nc1ccc3ccccc3c1-c1ccc(-c3ccccc3)cc1)c1ccccc1C2(c1ccccc1)c1ccccc1. The van der Waals surface area contributed by atoms with E-state index >= 15 is 0 Å². The Kier molecular flexibility index (Phi) is 6.91. The second-order valence-electron chi connectivity index (χ2n) is 12.9. The van der Waals surface area contributed by atoms with Crippen LogP contribution in [0.15, 0.2) is 200 Å². The van der Waals surface area contributed by atoms with Gasteiger partial charge in [-0.3, -0.25) is 0 Å². The minimum atomic E-state index is -0.281. The van der Waals surface area contributed by atoms with Crippen molar-refractivity contribution >= 4 is 16.5 Å². The Labute approximate surface area is 282 Å². The second kappa shape index (κ2) is 11.7. The quantitative estimate of drug-likeness (QED) is 0.197. The predicted molar refractivity (Wildman–Crippen MR) is 201 cm³/mol. The predicted octanol–water partition coefficient (Wildman–Crippen LogP) is 11.8. The van der Waals surface area contributed by atoms with Crippen LogP contribution < -0.4 is 5.32 Å². The number of allylic oxidation sites excluding steroid dienone is 3. The second-order valence-corrected chi connectivity index (χ2v) is 12.9. The summed E-state index contributed by atoms with van der Waals surface area (Å²) in [5.41, 5.74) is 12.3. The van der Waals surface area contributed by atoms with Crippen molar-refractivity contribution in [3.8, 4) is 22.3 Å². The Bertz CT molecular complexity index is 2260. The summed E-state index contributed by atoms with van der Waals surface area (Å²) in [4.78, 5) is 0. The number of benzene rings is 7. The summed E-state index contributed by atoms with van der Waals surface area (Å²) >= 11 is 0. The van der Waals surface area contributed by atoms with Crippen LogP contribution in [-0.2, 0) is 5.41 Å². The molecule has 0 heterocycles. The summed E-state index contributed by atoms with van der Waals surface area (Å²) < 4.78 is 0. The maximum absolute atomic E-state index is 3.91. The van der Waals surface area contributed by atoms with Crippen LogP contribution in [0.5, 0.6) is 0 Å². The minimum Gasteiger partial charge on any atom is -0.355 e. The number of nitrogens with one attached hydrogen (secondary N) is 1. The van der Waals surface area contributed by atoms with Gasteiger partial charge in [-0.25, -0.2) is 0 Å². The molecule has 0 fully saturated rings.